The molecule has 1 saturated heterocycles. The topological polar surface area (TPSA) is 58.4 Å². The van der Waals surface area contributed by atoms with E-state index in [1.54, 1.807) is 21.7 Å². The van der Waals surface area contributed by atoms with Gasteiger partial charge in [-0.15, -0.1) is 0 Å². The van der Waals surface area contributed by atoms with Gasteiger partial charge in [0.1, 0.15) is 5.82 Å². The minimum Gasteiger partial charge on any atom is -0.391 e. The number of carbonyl (C=O) groups is 1. The van der Waals surface area contributed by atoms with Gasteiger partial charge >= 0.3 is 0 Å². The van der Waals surface area contributed by atoms with Crippen LogP contribution in [0.3, 0.4) is 0 Å². The van der Waals surface area contributed by atoms with Crippen molar-refractivity contribution in [2.75, 3.05) is 6.54 Å². The normalized spacial score (nSPS) is 20.6. The van der Waals surface area contributed by atoms with Crippen molar-refractivity contribution in [3.63, 3.8) is 0 Å². The summed E-state index contributed by atoms with van der Waals surface area (Å²) in [6, 6.07) is 5.95. The van der Waals surface area contributed by atoms with Crippen LogP contribution in [0.4, 0.5) is 4.39 Å². The summed E-state index contributed by atoms with van der Waals surface area (Å²) in [4.78, 5) is 14.5. The second-order valence-corrected chi connectivity index (χ2v) is 6.46. The van der Waals surface area contributed by atoms with Crippen LogP contribution in [0, 0.1) is 19.7 Å². The first-order valence-corrected chi connectivity index (χ1v) is 8.09. The van der Waals surface area contributed by atoms with E-state index < -0.39 is 6.10 Å². The molecule has 1 aliphatic rings. The molecule has 0 saturated carbocycles. The Morgan fingerprint density at radius 1 is 1.42 bits per heavy atom. The van der Waals surface area contributed by atoms with E-state index in [4.69, 9.17) is 0 Å². The van der Waals surface area contributed by atoms with Crippen LogP contribution in [0.2, 0.25) is 0 Å². The predicted molar refractivity (Wildman–Crippen MR) is 87.9 cm³/mol. The van der Waals surface area contributed by atoms with Gasteiger partial charge in [-0.1, -0.05) is 12.1 Å². The molecule has 2 heterocycles. The fraction of sp³-hybridized carbons (Fsp3) is 0.444. The smallest absolute Gasteiger partial charge is 0.227 e. The number of halogens is 1. The van der Waals surface area contributed by atoms with Crippen LogP contribution in [-0.2, 0) is 18.3 Å². The zero-order valence-corrected chi connectivity index (χ0v) is 14.2. The maximum atomic E-state index is 13.5. The van der Waals surface area contributed by atoms with Gasteiger partial charge in [-0.25, -0.2) is 4.39 Å². The minimum absolute atomic E-state index is 0.0694. The Morgan fingerprint density at radius 3 is 2.79 bits per heavy atom. The summed E-state index contributed by atoms with van der Waals surface area (Å²) in [5.74, 6) is -0.403. The van der Waals surface area contributed by atoms with E-state index in [0.29, 0.717) is 6.42 Å². The van der Waals surface area contributed by atoms with Crippen LogP contribution < -0.4 is 0 Å². The van der Waals surface area contributed by atoms with E-state index in [0.717, 1.165) is 22.5 Å². The lowest BCUT2D eigenvalue weighted by atomic mass is 10.0. The van der Waals surface area contributed by atoms with Crippen molar-refractivity contribution < 1.29 is 14.3 Å². The highest BCUT2D eigenvalue weighted by molar-refractivity contribution is 5.80. The summed E-state index contributed by atoms with van der Waals surface area (Å²) in [6.45, 7) is 4.10. The average molecular weight is 331 g/mol. The van der Waals surface area contributed by atoms with E-state index in [1.807, 2.05) is 20.9 Å². The number of rotatable bonds is 3. The summed E-state index contributed by atoms with van der Waals surface area (Å²) in [5, 5.41) is 14.4. The lowest BCUT2D eigenvalue weighted by Crippen LogP contribution is -2.33. The molecule has 1 amide bonds. The fourth-order valence-corrected chi connectivity index (χ4v) is 3.45. The van der Waals surface area contributed by atoms with Crippen LogP contribution in [-0.4, -0.2) is 38.3 Å². The van der Waals surface area contributed by atoms with Gasteiger partial charge in [-0.05, 0) is 38.0 Å². The van der Waals surface area contributed by atoms with Crippen molar-refractivity contribution in [3.8, 4) is 0 Å². The lowest BCUT2D eigenvalue weighted by Gasteiger charge is -2.25. The Labute approximate surface area is 140 Å². The molecular formula is C18H22FN3O2. The number of aliphatic hydroxyl groups is 1. The maximum absolute atomic E-state index is 13.5. The van der Waals surface area contributed by atoms with Crippen molar-refractivity contribution in [2.24, 2.45) is 7.05 Å². The van der Waals surface area contributed by atoms with Crippen LogP contribution in [0.1, 0.15) is 35.0 Å². The molecule has 0 bridgehead atoms. The van der Waals surface area contributed by atoms with Gasteiger partial charge < -0.3 is 10.0 Å². The van der Waals surface area contributed by atoms with Crippen molar-refractivity contribution in [1.82, 2.24) is 14.7 Å². The molecule has 1 N–H and O–H groups in total. The molecule has 0 aliphatic carbocycles. The Morgan fingerprint density at radius 2 is 2.17 bits per heavy atom. The van der Waals surface area contributed by atoms with Gasteiger partial charge in [0.05, 0.1) is 24.3 Å². The number of β-amino-alcohol motifs (C(OH)–C–C–N with tert-alkyl or cyclic N) is 1. The van der Waals surface area contributed by atoms with E-state index in [1.165, 1.54) is 12.1 Å². The van der Waals surface area contributed by atoms with Gasteiger partial charge in [-0.2, -0.15) is 5.10 Å². The third-order valence-electron chi connectivity index (χ3n) is 4.82. The molecule has 0 radical (unpaired) electrons. The van der Waals surface area contributed by atoms with E-state index in [2.05, 4.69) is 5.10 Å². The SMILES string of the molecule is Cc1nn(C)c(C)c1CC(=O)N1CC(O)CC1c1cccc(F)c1. The molecule has 24 heavy (non-hydrogen) atoms. The van der Waals surface area contributed by atoms with E-state index in [-0.39, 0.29) is 30.7 Å². The molecule has 0 spiro atoms. The number of aryl methyl sites for hydroxylation is 2. The molecule has 1 aliphatic heterocycles. The van der Waals surface area contributed by atoms with Crippen molar-refractivity contribution >= 4 is 5.91 Å². The fourth-order valence-electron chi connectivity index (χ4n) is 3.45. The number of amides is 1. The number of hydrogen-bond donors (Lipinski definition) is 1. The standard InChI is InChI=1S/C18H22FN3O2/c1-11-16(12(2)21(3)20-11)9-18(24)22-10-15(23)8-17(22)13-5-4-6-14(19)7-13/h4-7,15,17,23H,8-10H2,1-3H3. The molecule has 1 aromatic carbocycles. The predicted octanol–water partition coefficient (Wildman–Crippen LogP) is 2.05. The maximum Gasteiger partial charge on any atom is 0.227 e. The molecular weight excluding hydrogens is 309 g/mol. The van der Waals surface area contributed by atoms with Gasteiger partial charge in [0.2, 0.25) is 5.91 Å². The van der Waals surface area contributed by atoms with Crippen molar-refractivity contribution in [3.05, 3.63) is 52.6 Å². The molecule has 2 aromatic rings. The number of aromatic nitrogens is 2. The average Bonchev–Trinajstić information content (AvgIpc) is 3.03. The molecule has 1 aromatic heterocycles. The number of hydrogen-bond acceptors (Lipinski definition) is 3. The Hall–Kier alpha value is -2.21. The number of aliphatic hydroxyl groups excluding tert-OH is 1. The third kappa shape index (κ3) is 3.06. The van der Waals surface area contributed by atoms with Crippen LogP contribution >= 0.6 is 0 Å². The monoisotopic (exact) mass is 331 g/mol. The number of likely N-dealkylation sites (tertiary alicyclic amines) is 1. The zero-order valence-electron chi connectivity index (χ0n) is 14.2. The Balaban J connectivity index is 1.84. The van der Waals surface area contributed by atoms with Crippen LogP contribution in [0.15, 0.2) is 24.3 Å². The Kier molecular flexibility index (Phi) is 4.41. The minimum atomic E-state index is -0.585. The van der Waals surface area contributed by atoms with Crippen LogP contribution in [0.5, 0.6) is 0 Å². The summed E-state index contributed by atoms with van der Waals surface area (Å²) in [7, 11) is 1.85. The van der Waals surface area contributed by atoms with Crippen LogP contribution in [0.25, 0.3) is 0 Å². The first-order chi connectivity index (χ1) is 11.4. The molecule has 2 unspecified atom stereocenters. The van der Waals surface area contributed by atoms with Gasteiger partial charge in [0, 0.05) is 24.8 Å². The quantitative estimate of drug-likeness (QED) is 0.936. The highest BCUT2D eigenvalue weighted by atomic mass is 19.1. The number of nitrogens with zero attached hydrogens (tertiary/aromatic N) is 3. The zero-order chi connectivity index (χ0) is 17.4. The summed E-state index contributed by atoms with van der Waals surface area (Å²) >= 11 is 0. The molecule has 128 valence electrons. The highest BCUT2D eigenvalue weighted by Gasteiger charge is 2.35. The third-order valence-corrected chi connectivity index (χ3v) is 4.82. The second kappa shape index (κ2) is 6.36. The Bertz CT molecular complexity index is 772. The first kappa shape index (κ1) is 16.6. The van der Waals surface area contributed by atoms with Crippen molar-refractivity contribution in [2.45, 2.75) is 38.8 Å². The first-order valence-electron chi connectivity index (χ1n) is 8.09. The number of carbonyl (C=O) groups excluding carboxylic acids is 1. The van der Waals surface area contributed by atoms with Crippen molar-refractivity contribution in [1.29, 1.82) is 0 Å². The van der Waals surface area contributed by atoms with Gasteiger partial charge in [0.15, 0.2) is 0 Å². The number of benzene rings is 1. The van der Waals surface area contributed by atoms with Gasteiger partial charge in [0.25, 0.3) is 0 Å². The molecule has 2 atom stereocenters. The summed E-state index contributed by atoms with van der Waals surface area (Å²) in [5.41, 5.74) is 3.44. The molecule has 5 nitrogen and oxygen atoms in total. The molecule has 6 heteroatoms. The van der Waals surface area contributed by atoms with E-state index in [9.17, 15) is 14.3 Å². The molecule has 1 fully saturated rings. The molecule has 3 rings (SSSR count). The lowest BCUT2D eigenvalue weighted by molar-refractivity contribution is -0.131. The summed E-state index contributed by atoms with van der Waals surface area (Å²) in [6.07, 6.45) is 0.0860. The van der Waals surface area contributed by atoms with E-state index >= 15 is 0 Å². The highest BCUT2D eigenvalue weighted by Crippen LogP contribution is 2.33. The summed E-state index contributed by atoms with van der Waals surface area (Å²) < 4.78 is 15.3. The second-order valence-electron chi connectivity index (χ2n) is 6.46. The van der Waals surface area contributed by atoms with Gasteiger partial charge in [-0.3, -0.25) is 9.48 Å². The largest absolute Gasteiger partial charge is 0.391 e.